The molecule has 0 aliphatic rings. The molecule has 0 unspecified atom stereocenters. The van der Waals surface area contributed by atoms with Crippen molar-refractivity contribution in [2.24, 2.45) is 0 Å². The number of aryl methyl sites for hydroxylation is 1. The van der Waals surface area contributed by atoms with Crippen LogP contribution < -0.4 is 5.32 Å². The third-order valence-corrected chi connectivity index (χ3v) is 3.66. The summed E-state index contributed by atoms with van der Waals surface area (Å²) in [6.07, 6.45) is 0.295. The van der Waals surface area contributed by atoms with E-state index in [-0.39, 0.29) is 11.5 Å². The van der Waals surface area contributed by atoms with Crippen LogP contribution in [0.5, 0.6) is 0 Å². The second-order valence-electron chi connectivity index (χ2n) is 4.87. The summed E-state index contributed by atoms with van der Waals surface area (Å²) in [4.78, 5) is 22.1. The molecule has 0 aromatic heterocycles. The smallest absolute Gasteiger partial charge is 0.269 e. The lowest BCUT2D eigenvalue weighted by molar-refractivity contribution is -0.384. The summed E-state index contributed by atoms with van der Waals surface area (Å²) < 4.78 is 0. The van der Waals surface area contributed by atoms with Crippen LogP contribution in [0.2, 0.25) is 5.02 Å². The average Bonchev–Trinajstić information content (AvgIpc) is 2.51. The van der Waals surface area contributed by atoms with Gasteiger partial charge in [0.2, 0.25) is 0 Å². The predicted octanol–water partition coefficient (Wildman–Crippen LogP) is 4.24. The number of carbonyl (C=O) groups excluding carboxylic acids is 1. The monoisotopic (exact) mass is 318 g/mol. The zero-order valence-electron chi connectivity index (χ0n) is 12.0. The van der Waals surface area contributed by atoms with Crippen LogP contribution >= 0.6 is 11.6 Å². The number of hydrogen-bond donors (Lipinski definition) is 1. The van der Waals surface area contributed by atoms with E-state index in [1.807, 2.05) is 25.1 Å². The van der Waals surface area contributed by atoms with E-state index in [2.05, 4.69) is 5.32 Å². The minimum atomic E-state index is -0.489. The fraction of sp³-hybridized carbons (Fsp3) is 0.188. The molecule has 0 amide bonds. The first-order valence-electron chi connectivity index (χ1n) is 6.75. The summed E-state index contributed by atoms with van der Waals surface area (Å²) in [5.41, 5.74) is 2.29. The van der Waals surface area contributed by atoms with Crippen molar-refractivity contribution in [2.45, 2.75) is 13.3 Å². The number of carbonyl (C=O) groups is 1. The van der Waals surface area contributed by atoms with E-state index in [0.717, 1.165) is 11.3 Å². The molecule has 0 saturated heterocycles. The van der Waals surface area contributed by atoms with Crippen LogP contribution in [0.15, 0.2) is 42.5 Å². The SMILES string of the molecule is Cc1ccc(NCCC(=O)c2ccc([N+](=O)[O-])cc2)cc1Cl. The van der Waals surface area contributed by atoms with Gasteiger partial charge in [-0.25, -0.2) is 0 Å². The van der Waals surface area contributed by atoms with Crippen molar-refractivity contribution in [1.82, 2.24) is 0 Å². The van der Waals surface area contributed by atoms with Gasteiger partial charge in [-0.3, -0.25) is 14.9 Å². The molecule has 0 fully saturated rings. The molecular formula is C16H15ClN2O3. The maximum atomic E-state index is 12.0. The molecule has 0 radical (unpaired) electrons. The zero-order chi connectivity index (χ0) is 16.1. The minimum Gasteiger partial charge on any atom is -0.385 e. The van der Waals surface area contributed by atoms with Gasteiger partial charge >= 0.3 is 0 Å². The molecule has 114 valence electrons. The summed E-state index contributed by atoms with van der Waals surface area (Å²) in [7, 11) is 0. The fourth-order valence-electron chi connectivity index (χ4n) is 1.94. The van der Waals surface area contributed by atoms with Crippen molar-refractivity contribution < 1.29 is 9.72 Å². The highest BCUT2D eigenvalue weighted by atomic mass is 35.5. The molecule has 5 nitrogen and oxygen atoms in total. The molecule has 0 bridgehead atoms. The number of non-ortho nitro benzene ring substituents is 1. The van der Waals surface area contributed by atoms with Crippen molar-refractivity contribution >= 4 is 28.8 Å². The largest absolute Gasteiger partial charge is 0.385 e. The van der Waals surface area contributed by atoms with Gasteiger partial charge in [0, 0.05) is 41.4 Å². The Morgan fingerprint density at radius 3 is 2.50 bits per heavy atom. The van der Waals surface area contributed by atoms with Gasteiger partial charge in [0.15, 0.2) is 5.78 Å². The summed E-state index contributed by atoms with van der Waals surface area (Å²) in [5, 5.41) is 14.4. The van der Waals surface area contributed by atoms with Gasteiger partial charge < -0.3 is 5.32 Å². The Morgan fingerprint density at radius 1 is 1.23 bits per heavy atom. The van der Waals surface area contributed by atoms with E-state index < -0.39 is 4.92 Å². The first kappa shape index (κ1) is 16.0. The van der Waals surface area contributed by atoms with Gasteiger partial charge in [0.1, 0.15) is 0 Å². The van der Waals surface area contributed by atoms with Crippen LogP contribution in [-0.2, 0) is 0 Å². The summed E-state index contributed by atoms with van der Waals surface area (Å²) in [6, 6.07) is 11.2. The van der Waals surface area contributed by atoms with Crippen molar-refractivity contribution in [3.8, 4) is 0 Å². The standard InChI is InChI=1S/C16H15ClN2O3/c1-11-2-5-13(10-15(11)17)18-9-8-16(20)12-3-6-14(7-4-12)19(21)22/h2-7,10,18H,8-9H2,1H3. The number of ketones is 1. The molecule has 0 saturated carbocycles. The van der Waals surface area contributed by atoms with Crippen LogP contribution in [-0.4, -0.2) is 17.3 Å². The molecule has 0 heterocycles. The van der Waals surface area contributed by atoms with Gasteiger partial charge in [0.05, 0.1) is 4.92 Å². The van der Waals surface area contributed by atoms with Crippen molar-refractivity contribution in [2.75, 3.05) is 11.9 Å². The Bertz CT molecular complexity index is 699. The highest BCUT2D eigenvalue weighted by Gasteiger charge is 2.09. The first-order chi connectivity index (χ1) is 10.5. The molecule has 22 heavy (non-hydrogen) atoms. The van der Waals surface area contributed by atoms with Gasteiger partial charge in [-0.05, 0) is 36.8 Å². The summed E-state index contributed by atoms with van der Waals surface area (Å²) in [5.74, 6) is -0.0689. The van der Waals surface area contributed by atoms with Crippen LogP contribution in [0.4, 0.5) is 11.4 Å². The highest BCUT2D eigenvalue weighted by Crippen LogP contribution is 2.20. The first-order valence-corrected chi connectivity index (χ1v) is 7.13. The van der Waals surface area contributed by atoms with E-state index >= 15 is 0 Å². The van der Waals surface area contributed by atoms with Crippen molar-refractivity contribution in [1.29, 1.82) is 0 Å². The molecule has 2 aromatic rings. The van der Waals surface area contributed by atoms with Crippen LogP contribution in [0.1, 0.15) is 22.3 Å². The normalized spacial score (nSPS) is 10.3. The Kier molecular flexibility index (Phi) is 5.12. The van der Waals surface area contributed by atoms with Crippen molar-refractivity contribution in [3.05, 3.63) is 68.7 Å². The number of Topliss-reactive ketones (excluding diaryl/α,β-unsaturated/α-hetero) is 1. The van der Waals surface area contributed by atoms with E-state index in [0.29, 0.717) is 23.6 Å². The number of benzene rings is 2. The molecule has 0 aliphatic heterocycles. The topological polar surface area (TPSA) is 72.2 Å². The number of nitrogens with one attached hydrogen (secondary N) is 1. The van der Waals surface area contributed by atoms with Gasteiger partial charge in [-0.1, -0.05) is 17.7 Å². The van der Waals surface area contributed by atoms with E-state index in [9.17, 15) is 14.9 Å². The highest BCUT2D eigenvalue weighted by molar-refractivity contribution is 6.31. The predicted molar refractivity (Wildman–Crippen MR) is 86.7 cm³/mol. The zero-order valence-corrected chi connectivity index (χ0v) is 12.8. The molecule has 0 atom stereocenters. The number of nitrogens with zero attached hydrogens (tertiary/aromatic N) is 1. The average molecular weight is 319 g/mol. The molecule has 6 heteroatoms. The molecule has 0 spiro atoms. The third-order valence-electron chi connectivity index (χ3n) is 3.25. The Balaban J connectivity index is 1.89. The molecule has 2 rings (SSSR count). The Hall–Kier alpha value is -2.40. The number of anilines is 1. The number of hydrogen-bond acceptors (Lipinski definition) is 4. The molecule has 0 aliphatic carbocycles. The number of rotatable bonds is 6. The van der Waals surface area contributed by atoms with Crippen LogP contribution in [0, 0.1) is 17.0 Å². The maximum absolute atomic E-state index is 12.0. The number of halogens is 1. The lowest BCUT2D eigenvalue weighted by atomic mass is 10.1. The van der Waals surface area contributed by atoms with Crippen LogP contribution in [0.3, 0.4) is 0 Å². The van der Waals surface area contributed by atoms with E-state index in [1.54, 1.807) is 0 Å². The third kappa shape index (κ3) is 4.05. The second-order valence-corrected chi connectivity index (χ2v) is 5.28. The Labute approximate surface area is 133 Å². The second kappa shape index (κ2) is 7.04. The van der Waals surface area contributed by atoms with Gasteiger partial charge in [-0.2, -0.15) is 0 Å². The lowest BCUT2D eigenvalue weighted by Gasteiger charge is -2.07. The lowest BCUT2D eigenvalue weighted by Crippen LogP contribution is -2.09. The molecule has 2 aromatic carbocycles. The molecule has 1 N–H and O–H groups in total. The van der Waals surface area contributed by atoms with E-state index in [1.165, 1.54) is 24.3 Å². The van der Waals surface area contributed by atoms with E-state index in [4.69, 9.17) is 11.6 Å². The quantitative estimate of drug-likeness (QED) is 0.491. The number of nitro groups is 1. The van der Waals surface area contributed by atoms with Crippen LogP contribution in [0.25, 0.3) is 0 Å². The Morgan fingerprint density at radius 2 is 1.91 bits per heavy atom. The number of nitro benzene ring substituents is 1. The van der Waals surface area contributed by atoms with Crippen molar-refractivity contribution in [3.63, 3.8) is 0 Å². The minimum absolute atomic E-state index is 0.0241. The fourth-order valence-corrected chi connectivity index (χ4v) is 2.12. The van der Waals surface area contributed by atoms with Gasteiger partial charge in [0.25, 0.3) is 5.69 Å². The summed E-state index contributed by atoms with van der Waals surface area (Å²) >= 11 is 6.03. The molecular weight excluding hydrogens is 304 g/mol. The summed E-state index contributed by atoms with van der Waals surface area (Å²) in [6.45, 7) is 2.39. The maximum Gasteiger partial charge on any atom is 0.269 e. The van der Waals surface area contributed by atoms with Gasteiger partial charge in [-0.15, -0.1) is 0 Å².